The van der Waals surface area contributed by atoms with E-state index in [4.69, 9.17) is 9.47 Å². The maximum Gasteiger partial charge on any atom is 0.222 e. The molecule has 0 aliphatic carbocycles. The third-order valence-electron chi connectivity index (χ3n) is 2.82. The Morgan fingerprint density at radius 3 is 2.62 bits per heavy atom. The number of benzene rings is 1. The molecule has 0 aliphatic heterocycles. The van der Waals surface area contributed by atoms with Crippen molar-refractivity contribution in [2.75, 3.05) is 13.2 Å². The molecule has 0 aliphatic rings. The van der Waals surface area contributed by atoms with Gasteiger partial charge in [0.15, 0.2) is 6.29 Å². The fourth-order valence-electron chi connectivity index (χ4n) is 1.88. The van der Waals surface area contributed by atoms with Gasteiger partial charge in [-0.1, -0.05) is 18.2 Å². The molecule has 0 spiro atoms. The van der Waals surface area contributed by atoms with Crippen LogP contribution in [0.5, 0.6) is 0 Å². The van der Waals surface area contributed by atoms with Gasteiger partial charge in [0.2, 0.25) is 6.29 Å². The molecule has 0 radical (unpaired) electrons. The van der Waals surface area contributed by atoms with Gasteiger partial charge in [0, 0.05) is 24.2 Å². The molecule has 0 amide bonds. The maximum atomic E-state index is 11.2. The molecular weight excluding hydrogens is 266 g/mol. The van der Waals surface area contributed by atoms with Crippen LogP contribution >= 0.6 is 0 Å². The first kappa shape index (κ1) is 15.2. The Balaban J connectivity index is 2.38. The van der Waals surface area contributed by atoms with Crippen LogP contribution in [-0.4, -0.2) is 30.8 Å². The van der Waals surface area contributed by atoms with Crippen LogP contribution in [0, 0.1) is 11.8 Å². The number of para-hydroxylation sites is 1. The molecule has 0 bridgehead atoms. The molecule has 108 valence electrons. The van der Waals surface area contributed by atoms with Gasteiger partial charge in [-0.3, -0.25) is 4.79 Å². The summed E-state index contributed by atoms with van der Waals surface area (Å²) in [6.07, 6.45) is 0.160. The van der Waals surface area contributed by atoms with Crippen LogP contribution < -0.4 is 0 Å². The zero-order valence-electron chi connectivity index (χ0n) is 12.1. The zero-order chi connectivity index (χ0) is 15.1. The fraction of sp³-hybridized carbons (Fsp3) is 0.294. The molecule has 0 N–H and O–H groups in total. The van der Waals surface area contributed by atoms with E-state index in [0.29, 0.717) is 24.5 Å². The highest BCUT2D eigenvalue weighted by molar-refractivity contribution is 5.88. The summed E-state index contributed by atoms with van der Waals surface area (Å²) in [7, 11) is 0. The fourth-order valence-corrected chi connectivity index (χ4v) is 1.88. The first-order valence-corrected chi connectivity index (χ1v) is 6.88. The van der Waals surface area contributed by atoms with Crippen LogP contribution in [-0.2, 0) is 9.47 Å². The molecule has 4 nitrogen and oxygen atoms in total. The number of pyridine rings is 1. The summed E-state index contributed by atoms with van der Waals surface area (Å²) in [5.41, 5.74) is 1.71. The van der Waals surface area contributed by atoms with Crippen molar-refractivity contribution in [3.8, 4) is 11.8 Å². The summed E-state index contributed by atoms with van der Waals surface area (Å²) in [4.78, 5) is 15.6. The van der Waals surface area contributed by atoms with E-state index in [0.717, 1.165) is 17.2 Å². The van der Waals surface area contributed by atoms with Crippen LogP contribution in [0.3, 0.4) is 0 Å². The van der Waals surface area contributed by atoms with Gasteiger partial charge in [0.05, 0.1) is 5.52 Å². The predicted octanol–water partition coefficient (Wildman–Crippen LogP) is 2.80. The Kier molecular flexibility index (Phi) is 5.44. The maximum absolute atomic E-state index is 11.2. The van der Waals surface area contributed by atoms with Gasteiger partial charge in [-0.25, -0.2) is 4.98 Å². The Bertz CT molecular complexity index is 679. The molecule has 0 fully saturated rings. The SMILES string of the molecule is CCOC(C#Cc1nc2ccccc2cc1C=O)OCC. The van der Waals surface area contributed by atoms with Gasteiger partial charge in [-0.15, -0.1) is 0 Å². The van der Waals surface area contributed by atoms with Gasteiger partial charge >= 0.3 is 0 Å². The quantitative estimate of drug-likeness (QED) is 0.481. The van der Waals surface area contributed by atoms with Crippen molar-refractivity contribution < 1.29 is 14.3 Å². The van der Waals surface area contributed by atoms with E-state index in [1.165, 1.54) is 0 Å². The molecule has 0 saturated carbocycles. The minimum absolute atomic E-state index is 0.438. The van der Waals surface area contributed by atoms with E-state index in [1.54, 1.807) is 6.07 Å². The van der Waals surface area contributed by atoms with Crippen molar-refractivity contribution in [2.24, 2.45) is 0 Å². The number of aldehydes is 1. The van der Waals surface area contributed by atoms with Crippen molar-refractivity contribution in [3.05, 3.63) is 41.6 Å². The lowest BCUT2D eigenvalue weighted by Crippen LogP contribution is -2.14. The largest absolute Gasteiger partial charge is 0.342 e. The Morgan fingerprint density at radius 2 is 1.95 bits per heavy atom. The van der Waals surface area contributed by atoms with E-state index in [9.17, 15) is 4.79 Å². The first-order valence-electron chi connectivity index (χ1n) is 6.88. The van der Waals surface area contributed by atoms with E-state index in [1.807, 2.05) is 38.1 Å². The predicted molar refractivity (Wildman–Crippen MR) is 81.0 cm³/mol. The monoisotopic (exact) mass is 283 g/mol. The minimum Gasteiger partial charge on any atom is -0.342 e. The van der Waals surface area contributed by atoms with Crippen molar-refractivity contribution in [2.45, 2.75) is 20.1 Å². The van der Waals surface area contributed by atoms with Gasteiger partial charge in [-0.05, 0) is 37.8 Å². The average Bonchev–Trinajstić information content (AvgIpc) is 2.52. The van der Waals surface area contributed by atoms with E-state index >= 15 is 0 Å². The van der Waals surface area contributed by atoms with Gasteiger partial charge in [-0.2, -0.15) is 0 Å². The smallest absolute Gasteiger partial charge is 0.222 e. The van der Waals surface area contributed by atoms with Crippen LogP contribution in [0.1, 0.15) is 29.9 Å². The van der Waals surface area contributed by atoms with Crippen LogP contribution in [0.15, 0.2) is 30.3 Å². The number of hydrogen-bond acceptors (Lipinski definition) is 4. The number of ether oxygens (including phenoxy) is 2. The van der Waals surface area contributed by atoms with Crippen molar-refractivity contribution >= 4 is 17.2 Å². The summed E-state index contributed by atoms with van der Waals surface area (Å²) in [6.45, 7) is 4.76. The molecule has 0 atom stereocenters. The third kappa shape index (κ3) is 3.88. The lowest BCUT2D eigenvalue weighted by atomic mass is 10.1. The number of rotatable bonds is 5. The third-order valence-corrected chi connectivity index (χ3v) is 2.82. The molecule has 1 heterocycles. The highest BCUT2D eigenvalue weighted by Gasteiger charge is 2.06. The highest BCUT2D eigenvalue weighted by atomic mass is 16.7. The minimum atomic E-state index is -0.604. The summed E-state index contributed by atoms with van der Waals surface area (Å²) in [6, 6.07) is 9.39. The number of carbonyl (C=O) groups is 1. The standard InChI is InChI=1S/C17H17NO3/c1-3-20-17(21-4-2)10-9-16-14(12-19)11-13-7-5-6-8-15(13)18-16/h5-8,11-12,17H,3-4H2,1-2H3. The Labute approximate surface area is 124 Å². The first-order chi connectivity index (χ1) is 10.3. The van der Waals surface area contributed by atoms with Crippen molar-refractivity contribution in [1.29, 1.82) is 0 Å². The van der Waals surface area contributed by atoms with E-state index in [-0.39, 0.29) is 0 Å². The molecule has 2 aromatic rings. The molecule has 4 heteroatoms. The number of hydrogen-bond donors (Lipinski definition) is 0. The summed E-state index contributed by atoms with van der Waals surface area (Å²) >= 11 is 0. The normalized spacial score (nSPS) is 10.4. The second-order valence-electron chi connectivity index (χ2n) is 4.25. The Hall–Kier alpha value is -2.22. The Morgan fingerprint density at radius 1 is 1.24 bits per heavy atom. The molecule has 1 aromatic carbocycles. The topological polar surface area (TPSA) is 48.4 Å². The molecule has 0 saturated heterocycles. The molecular formula is C17H17NO3. The summed E-state index contributed by atoms with van der Waals surface area (Å²) in [5, 5.41) is 0.913. The molecule has 2 rings (SSSR count). The number of fused-ring (bicyclic) bond motifs is 1. The summed E-state index contributed by atoms with van der Waals surface area (Å²) in [5.74, 6) is 5.75. The molecule has 21 heavy (non-hydrogen) atoms. The highest BCUT2D eigenvalue weighted by Crippen LogP contribution is 2.15. The van der Waals surface area contributed by atoms with Crippen LogP contribution in [0.25, 0.3) is 10.9 Å². The van der Waals surface area contributed by atoms with Gasteiger partial charge in [0.1, 0.15) is 5.69 Å². The number of aromatic nitrogens is 1. The van der Waals surface area contributed by atoms with E-state index in [2.05, 4.69) is 16.8 Å². The van der Waals surface area contributed by atoms with Crippen LogP contribution in [0.4, 0.5) is 0 Å². The number of nitrogens with zero attached hydrogens (tertiary/aromatic N) is 1. The van der Waals surface area contributed by atoms with Crippen molar-refractivity contribution in [3.63, 3.8) is 0 Å². The molecule has 0 unspecified atom stereocenters. The lowest BCUT2D eigenvalue weighted by Gasteiger charge is -2.09. The lowest BCUT2D eigenvalue weighted by molar-refractivity contribution is -0.0970. The van der Waals surface area contributed by atoms with Gasteiger partial charge in [0.25, 0.3) is 0 Å². The number of carbonyl (C=O) groups excluding carboxylic acids is 1. The molecule has 1 aromatic heterocycles. The second-order valence-corrected chi connectivity index (χ2v) is 4.25. The van der Waals surface area contributed by atoms with E-state index < -0.39 is 6.29 Å². The van der Waals surface area contributed by atoms with Crippen LogP contribution in [0.2, 0.25) is 0 Å². The zero-order valence-corrected chi connectivity index (χ0v) is 12.1. The van der Waals surface area contributed by atoms with Crippen molar-refractivity contribution in [1.82, 2.24) is 4.98 Å². The summed E-state index contributed by atoms with van der Waals surface area (Å²) < 4.78 is 10.7. The van der Waals surface area contributed by atoms with Gasteiger partial charge < -0.3 is 9.47 Å². The second kappa shape index (κ2) is 7.53. The average molecular weight is 283 g/mol.